The smallest absolute Gasteiger partial charge is 0.333 e. The lowest BCUT2D eigenvalue weighted by molar-refractivity contribution is -0.148. The fourth-order valence-electron chi connectivity index (χ4n) is 3.41. The van der Waals surface area contributed by atoms with Crippen LogP contribution in [0.4, 0.5) is 5.69 Å². The Hall–Kier alpha value is -3.94. The molecular formula is C27H23NO5S. The third-order valence-electron chi connectivity index (χ3n) is 5.09. The van der Waals surface area contributed by atoms with Crippen LogP contribution in [0, 0.1) is 0 Å². The van der Waals surface area contributed by atoms with Gasteiger partial charge in [0.15, 0.2) is 6.10 Å². The molecule has 1 atom stereocenters. The van der Waals surface area contributed by atoms with E-state index in [1.807, 2.05) is 36.4 Å². The fraction of sp³-hybridized carbons (Fsp3) is 0.111. The van der Waals surface area contributed by atoms with Gasteiger partial charge in [0.2, 0.25) is 5.91 Å². The minimum absolute atomic E-state index is 0.397. The van der Waals surface area contributed by atoms with Crippen LogP contribution in [-0.2, 0) is 16.2 Å². The topological polar surface area (TPSA) is 95.9 Å². The number of aliphatic hydroxyl groups is 1. The maximum absolute atomic E-state index is 11.8. The van der Waals surface area contributed by atoms with Gasteiger partial charge in [0.1, 0.15) is 12.4 Å². The van der Waals surface area contributed by atoms with Crippen molar-refractivity contribution >= 4 is 28.9 Å². The molecule has 0 bridgehead atoms. The number of aliphatic hydroxyl groups excluding tert-OH is 1. The first-order chi connectivity index (χ1) is 16.5. The number of carbonyl (C=O) groups is 2. The first-order valence-electron chi connectivity index (χ1n) is 10.7. The van der Waals surface area contributed by atoms with Gasteiger partial charge in [-0.1, -0.05) is 60.7 Å². The van der Waals surface area contributed by atoms with Crippen molar-refractivity contribution < 1.29 is 24.5 Å². The standard InChI is InChI=1S/C27H23NO5S/c29-24(27(31)32)16-25(30)28-20-11-13-21(14-12-20)33-17-22-15-23(18-7-3-1-4-8-18)26(34-22)19-9-5-2-6-10-19/h1-15,24,29H,16-17H2,(H,28,30)(H,31,32)/t24-/m0/s1. The van der Waals surface area contributed by atoms with Gasteiger partial charge in [-0.05, 0) is 41.5 Å². The highest BCUT2D eigenvalue weighted by molar-refractivity contribution is 7.16. The number of nitrogens with one attached hydrogen (secondary N) is 1. The Morgan fingerprint density at radius 2 is 1.50 bits per heavy atom. The summed E-state index contributed by atoms with van der Waals surface area (Å²) in [5, 5.41) is 20.5. The molecule has 0 spiro atoms. The normalized spacial score (nSPS) is 11.6. The van der Waals surface area contributed by atoms with Gasteiger partial charge in [-0.3, -0.25) is 4.79 Å². The molecule has 1 aromatic heterocycles. The molecule has 4 rings (SSSR count). The molecular weight excluding hydrogens is 450 g/mol. The minimum atomic E-state index is -1.73. The summed E-state index contributed by atoms with van der Waals surface area (Å²) in [6.07, 6.45) is -2.24. The quantitative estimate of drug-likeness (QED) is 0.301. The molecule has 0 saturated heterocycles. The van der Waals surface area contributed by atoms with E-state index in [1.54, 1.807) is 35.6 Å². The Morgan fingerprint density at radius 1 is 0.882 bits per heavy atom. The molecule has 0 aliphatic rings. The average Bonchev–Trinajstić information content (AvgIpc) is 3.29. The lowest BCUT2D eigenvalue weighted by Crippen LogP contribution is -2.26. The number of benzene rings is 3. The Labute approximate surface area is 201 Å². The van der Waals surface area contributed by atoms with Crippen molar-refractivity contribution in [3.63, 3.8) is 0 Å². The summed E-state index contributed by atoms with van der Waals surface area (Å²) < 4.78 is 5.97. The summed E-state index contributed by atoms with van der Waals surface area (Å²) in [6.45, 7) is 0.397. The van der Waals surface area contributed by atoms with Gasteiger partial charge < -0.3 is 20.3 Å². The second-order valence-electron chi connectivity index (χ2n) is 7.61. The maximum atomic E-state index is 11.8. The van der Waals surface area contributed by atoms with E-state index in [0.717, 1.165) is 21.6 Å². The maximum Gasteiger partial charge on any atom is 0.333 e. The molecule has 0 aliphatic carbocycles. The zero-order valence-corrected chi connectivity index (χ0v) is 19.0. The van der Waals surface area contributed by atoms with Crippen molar-refractivity contribution in [2.45, 2.75) is 19.1 Å². The number of carboxylic acid groups (broad SMARTS) is 1. The highest BCUT2D eigenvalue weighted by Crippen LogP contribution is 2.39. The van der Waals surface area contributed by atoms with Crippen LogP contribution in [0.3, 0.4) is 0 Å². The molecule has 34 heavy (non-hydrogen) atoms. The third-order valence-corrected chi connectivity index (χ3v) is 6.24. The summed E-state index contributed by atoms with van der Waals surface area (Å²) >= 11 is 1.69. The molecule has 4 aromatic rings. The molecule has 0 unspecified atom stereocenters. The number of hydrogen-bond donors (Lipinski definition) is 3. The minimum Gasteiger partial charge on any atom is -0.488 e. The number of thiophene rings is 1. The van der Waals surface area contributed by atoms with Gasteiger partial charge in [-0.25, -0.2) is 4.79 Å². The zero-order chi connectivity index (χ0) is 23.9. The Balaban J connectivity index is 1.44. The lowest BCUT2D eigenvalue weighted by Gasteiger charge is -2.09. The summed E-state index contributed by atoms with van der Waals surface area (Å²) in [5.41, 5.74) is 3.96. The first kappa shape index (κ1) is 23.2. The van der Waals surface area contributed by atoms with Crippen LogP contribution in [0.15, 0.2) is 91.0 Å². The van der Waals surface area contributed by atoms with E-state index in [1.165, 1.54) is 4.88 Å². The fourth-order valence-corrected chi connectivity index (χ4v) is 4.51. The largest absolute Gasteiger partial charge is 0.488 e. The van der Waals surface area contributed by atoms with Crippen molar-refractivity contribution in [3.05, 3.63) is 95.9 Å². The van der Waals surface area contributed by atoms with Gasteiger partial charge in [-0.15, -0.1) is 11.3 Å². The zero-order valence-electron chi connectivity index (χ0n) is 18.2. The van der Waals surface area contributed by atoms with Gasteiger partial charge in [0.25, 0.3) is 0 Å². The molecule has 3 aromatic carbocycles. The SMILES string of the molecule is O=C(C[C@H](O)C(=O)O)Nc1ccc(OCc2cc(-c3ccccc3)c(-c3ccccc3)s2)cc1. The van der Waals surface area contributed by atoms with E-state index in [9.17, 15) is 14.7 Å². The monoisotopic (exact) mass is 473 g/mol. The van der Waals surface area contributed by atoms with Gasteiger partial charge in [0, 0.05) is 21.0 Å². The Kier molecular flexibility index (Phi) is 7.37. The summed E-state index contributed by atoms with van der Waals surface area (Å²) in [4.78, 5) is 24.8. The molecule has 7 heteroatoms. The van der Waals surface area contributed by atoms with Crippen molar-refractivity contribution in [1.82, 2.24) is 0 Å². The molecule has 1 heterocycles. The molecule has 1 amide bonds. The second-order valence-corrected chi connectivity index (χ2v) is 8.74. The summed E-state index contributed by atoms with van der Waals surface area (Å²) in [5.74, 6) is -1.37. The van der Waals surface area contributed by atoms with E-state index in [-0.39, 0.29) is 0 Å². The number of carbonyl (C=O) groups excluding carboxylic acids is 1. The highest BCUT2D eigenvalue weighted by Gasteiger charge is 2.18. The van der Waals surface area contributed by atoms with Crippen molar-refractivity contribution in [2.75, 3.05) is 5.32 Å². The van der Waals surface area contributed by atoms with Crippen LogP contribution < -0.4 is 10.1 Å². The molecule has 0 saturated carbocycles. The van der Waals surface area contributed by atoms with Crippen molar-refractivity contribution in [2.24, 2.45) is 0 Å². The van der Waals surface area contributed by atoms with Gasteiger partial charge >= 0.3 is 5.97 Å². The molecule has 0 fully saturated rings. The Bertz CT molecular complexity index is 1200. The summed E-state index contributed by atoms with van der Waals surface area (Å²) in [7, 11) is 0. The van der Waals surface area contributed by atoms with Crippen LogP contribution in [0.25, 0.3) is 21.6 Å². The lowest BCUT2D eigenvalue weighted by atomic mass is 10.0. The van der Waals surface area contributed by atoms with E-state index in [2.05, 4.69) is 35.6 Å². The van der Waals surface area contributed by atoms with Crippen molar-refractivity contribution in [3.8, 4) is 27.3 Å². The number of carboxylic acids is 1. The molecule has 3 N–H and O–H groups in total. The van der Waals surface area contributed by atoms with E-state index in [0.29, 0.717) is 18.0 Å². The summed E-state index contributed by atoms with van der Waals surface area (Å²) in [6, 6.07) is 29.5. The number of amides is 1. The van der Waals surface area contributed by atoms with Crippen LogP contribution >= 0.6 is 11.3 Å². The molecule has 172 valence electrons. The van der Waals surface area contributed by atoms with Gasteiger partial charge in [-0.2, -0.15) is 0 Å². The van der Waals surface area contributed by atoms with E-state index >= 15 is 0 Å². The number of aliphatic carboxylic acids is 1. The van der Waals surface area contributed by atoms with Crippen LogP contribution in [0.5, 0.6) is 5.75 Å². The second kappa shape index (κ2) is 10.8. The van der Waals surface area contributed by atoms with Crippen LogP contribution in [0.1, 0.15) is 11.3 Å². The predicted molar refractivity (Wildman–Crippen MR) is 133 cm³/mol. The number of ether oxygens (including phenoxy) is 1. The van der Waals surface area contributed by atoms with E-state index < -0.39 is 24.4 Å². The number of rotatable bonds is 9. The highest BCUT2D eigenvalue weighted by atomic mass is 32.1. The predicted octanol–water partition coefficient (Wildman–Crippen LogP) is 5.44. The van der Waals surface area contributed by atoms with Crippen LogP contribution in [0.2, 0.25) is 0 Å². The molecule has 6 nitrogen and oxygen atoms in total. The molecule has 0 radical (unpaired) electrons. The third kappa shape index (κ3) is 5.89. The van der Waals surface area contributed by atoms with E-state index in [4.69, 9.17) is 9.84 Å². The Morgan fingerprint density at radius 3 is 2.12 bits per heavy atom. The van der Waals surface area contributed by atoms with Gasteiger partial charge in [0.05, 0.1) is 6.42 Å². The molecule has 0 aliphatic heterocycles. The van der Waals surface area contributed by atoms with Crippen LogP contribution in [-0.4, -0.2) is 28.2 Å². The number of anilines is 1. The first-order valence-corrected chi connectivity index (χ1v) is 11.5. The average molecular weight is 474 g/mol. The number of hydrogen-bond acceptors (Lipinski definition) is 5. The van der Waals surface area contributed by atoms with Crippen molar-refractivity contribution in [1.29, 1.82) is 0 Å².